The number of hydrogen-bond donors (Lipinski definition) is 2. The Kier molecular flexibility index (Phi) is 3.78. The second-order valence-corrected chi connectivity index (χ2v) is 7.21. The molecule has 0 saturated carbocycles. The molecule has 130 valence electrons. The molecule has 1 aromatic rings. The molecule has 4 rings (SSSR count). The highest BCUT2D eigenvalue weighted by molar-refractivity contribution is 5.68. The maximum Gasteiger partial charge on any atom is 0.410 e. The van der Waals surface area contributed by atoms with E-state index in [1.165, 1.54) is 0 Å². The lowest BCUT2D eigenvalue weighted by atomic mass is 9.68. The van der Waals surface area contributed by atoms with Gasteiger partial charge in [-0.05, 0) is 18.4 Å². The Labute approximate surface area is 141 Å². The molecular formula is C18H23NO5. The van der Waals surface area contributed by atoms with Gasteiger partial charge < -0.3 is 24.6 Å². The van der Waals surface area contributed by atoms with Crippen molar-refractivity contribution in [3.05, 3.63) is 35.9 Å². The number of likely N-dealkylation sites (tertiary alicyclic amines) is 1. The Morgan fingerprint density at radius 1 is 1.12 bits per heavy atom. The van der Waals surface area contributed by atoms with Crippen LogP contribution < -0.4 is 0 Å². The summed E-state index contributed by atoms with van der Waals surface area (Å²) >= 11 is 0. The minimum Gasteiger partial charge on any atom is -0.445 e. The van der Waals surface area contributed by atoms with Crippen molar-refractivity contribution in [2.75, 3.05) is 26.3 Å². The van der Waals surface area contributed by atoms with Crippen molar-refractivity contribution >= 4 is 6.09 Å². The van der Waals surface area contributed by atoms with Gasteiger partial charge >= 0.3 is 6.09 Å². The standard InChI is InChI=1S/C18H23NO5/c20-11-17-6-7-18(12-21,24-17)15-9-19(8-14(15)17)16(22)23-10-13-4-2-1-3-5-13/h1-5,14-15,20-21H,6-12H2. The number of carbonyl (C=O) groups excluding carboxylic acids is 1. The smallest absolute Gasteiger partial charge is 0.410 e. The molecule has 0 aromatic heterocycles. The first kappa shape index (κ1) is 15.9. The Bertz CT molecular complexity index is 597. The third kappa shape index (κ3) is 2.24. The van der Waals surface area contributed by atoms with Gasteiger partial charge in [0.15, 0.2) is 0 Å². The quantitative estimate of drug-likeness (QED) is 0.864. The minimum atomic E-state index is -0.609. The first-order valence-electron chi connectivity index (χ1n) is 8.50. The fourth-order valence-corrected chi connectivity index (χ4v) is 4.74. The summed E-state index contributed by atoms with van der Waals surface area (Å²) in [5, 5.41) is 19.7. The number of amides is 1. The van der Waals surface area contributed by atoms with Gasteiger partial charge in [-0.3, -0.25) is 0 Å². The second kappa shape index (κ2) is 5.72. The van der Waals surface area contributed by atoms with Crippen LogP contribution in [0.1, 0.15) is 18.4 Å². The molecule has 3 aliphatic heterocycles. The number of rotatable bonds is 4. The Morgan fingerprint density at radius 3 is 2.25 bits per heavy atom. The third-order valence-corrected chi connectivity index (χ3v) is 6.05. The molecule has 3 fully saturated rings. The molecule has 0 aliphatic carbocycles. The molecule has 2 N–H and O–H groups in total. The number of hydrogen-bond acceptors (Lipinski definition) is 5. The van der Waals surface area contributed by atoms with Crippen molar-refractivity contribution in [3.63, 3.8) is 0 Å². The van der Waals surface area contributed by atoms with E-state index < -0.39 is 11.2 Å². The van der Waals surface area contributed by atoms with E-state index in [1.807, 2.05) is 30.3 Å². The molecule has 4 atom stereocenters. The Hall–Kier alpha value is -1.63. The maximum absolute atomic E-state index is 12.4. The molecule has 24 heavy (non-hydrogen) atoms. The van der Waals surface area contributed by atoms with E-state index in [4.69, 9.17) is 9.47 Å². The molecule has 1 amide bonds. The van der Waals surface area contributed by atoms with Crippen LogP contribution in [0.15, 0.2) is 30.3 Å². The van der Waals surface area contributed by atoms with Gasteiger partial charge in [0.1, 0.15) is 6.61 Å². The SMILES string of the molecule is O=C(OCc1ccccc1)N1CC2C(C1)C1(CO)CCC2(CO)O1. The largest absolute Gasteiger partial charge is 0.445 e. The van der Waals surface area contributed by atoms with Gasteiger partial charge in [0.2, 0.25) is 0 Å². The highest BCUT2D eigenvalue weighted by atomic mass is 16.6. The summed E-state index contributed by atoms with van der Waals surface area (Å²) in [7, 11) is 0. The predicted octanol–water partition coefficient (Wildman–Crippen LogP) is 1.16. The van der Waals surface area contributed by atoms with Crippen molar-refractivity contribution < 1.29 is 24.5 Å². The molecule has 3 heterocycles. The highest BCUT2D eigenvalue weighted by Crippen LogP contribution is 2.59. The van der Waals surface area contributed by atoms with Crippen LogP contribution in [0.5, 0.6) is 0 Å². The fraction of sp³-hybridized carbons (Fsp3) is 0.611. The van der Waals surface area contributed by atoms with E-state index in [-0.39, 0.29) is 37.7 Å². The van der Waals surface area contributed by atoms with E-state index in [9.17, 15) is 15.0 Å². The zero-order valence-electron chi connectivity index (χ0n) is 13.6. The second-order valence-electron chi connectivity index (χ2n) is 7.21. The normalized spacial score (nSPS) is 36.8. The molecule has 2 bridgehead atoms. The minimum absolute atomic E-state index is 0.0627. The number of ether oxygens (including phenoxy) is 2. The van der Waals surface area contributed by atoms with Crippen LogP contribution in [0.3, 0.4) is 0 Å². The molecule has 1 aromatic carbocycles. The number of aliphatic hydroxyl groups excluding tert-OH is 2. The average Bonchev–Trinajstić information content (AvgIpc) is 3.30. The van der Waals surface area contributed by atoms with Crippen molar-refractivity contribution in [1.29, 1.82) is 0 Å². The lowest BCUT2D eigenvalue weighted by molar-refractivity contribution is -0.112. The molecule has 0 spiro atoms. The highest BCUT2D eigenvalue weighted by Gasteiger charge is 2.69. The number of carbonyl (C=O) groups is 1. The van der Waals surface area contributed by atoms with E-state index in [2.05, 4.69) is 0 Å². The van der Waals surface area contributed by atoms with Crippen LogP contribution in [0, 0.1) is 11.8 Å². The van der Waals surface area contributed by atoms with Gasteiger partial charge in [-0.25, -0.2) is 4.79 Å². The predicted molar refractivity (Wildman–Crippen MR) is 85.1 cm³/mol. The molecule has 3 aliphatic rings. The van der Waals surface area contributed by atoms with E-state index in [1.54, 1.807) is 4.90 Å². The zero-order chi connectivity index (χ0) is 16.8. The van der Waals surface area contributed by atoms with Gasteiger partial charge in [-0.1, -0.05) is 30.3 Å². The monoisotopic (exact) mass is 333 g/mol. The molecule has 4 unspecified atom stereocenters. The van der Waals surface area contributed by atoms with Gasteiger partial charge in [0.05, 0.1) is 24.4 Å². The molecule has 0 radical (unpaired) electrons. The first-order chi connectivity index (χ1) is 11.6. The third-order valence-electron chi connectivity index (χ3n) is 6.05. The summed E-state index contributed by atoms with van der Waals surface area (Å²) in [6, 6.07) is 9.58. The van der Waals surface area contributed by atoms with Crippen LogP contribution in [0.2, 0.25) is 0 Å². The van der Waals surface area contributed by atoms with Gasteiger partial charge in [0, 0.05) is 24.9 Å². The number of benzene rings is 1. The Morgan fingerprint density at radius 2 is 1.71 bits per heavy atom. The number of fused-ring (bicyclic) bond motifs is 5. The van der Waals surface area contributed by atoms with Crippen LogP contribution in [-0.4, -0.2) is 58.7 Å². The van der Waals surface area contributed by atoms with Crippen molar-refractivity contribution in [2.24, 2.45) is 11.8 Å². The van der Waals surface area contributed by atoms with Crippen molar-refractivity contribution in [3.8, 4) is 0 Å². The zero-order valence-corrected chi connectivity index (χ0v) is 13.6. The van der Waals surface area contributed by atoms with Gasteiger partial charge in [0.25, 0.3) is 0 Å². The van der Waals surface area contributed by atoms with Crippen molar-refractivity contribution in [2.45, 2.75) is 30.7 Å². The lowest BCUT2D eigenvalue weighted by Gasteiger charge is -2.31. The van der Waals surface area contributed by atoms with Gasteiger partial charge in [-0.2, -0.15) is 0 Å². The summed E-state index contributed by atoms with van der Waals surface area (Å²) in [4.78, 5) is 14.1. The first-order valence-corrected chi connectivity index (χ1v) is 8.50. The summed E-state index contributed by atoms with van der Waals surface area (Å²) in [5.41, 5.74) is -0.267. The molecule has 6 heteroatoms. The Balaban J connectivity index is 1.44. The van der Waals surface area contributed by atoms with Crippen LogP contribution in [0.25, 0.3) is 0 Å². The number of aliphatic hydroxyl groups is 2. The summed E-state index contributed by atoms with van der Waals surface area (Å²) in [6.07, 6.45) is 1.13. The summed E-state index contributed by atoms with van der Waals surface area (Å²) in [5.74, 6) is 0.125. The maximum atomic E-state index is 12.4. The van der Waals surface area contributed by atoms with E-state index in [0.29, 0.717) is 13.1 Å². The van der Waals surface area contributed by atoms with Crippen LogP contribution in [0.4, 0.5) is 4.79 Å². The topological polar surface area (TPSA) is 79.2 Å². The molecule has 6 nitrogen and oxygen atoms in total. The van der Waals surface area contributed by atoms with E-state index in [0.717, 1.165) is 18.4 Å². The fourth-order valence-electron chi connectivity index (χ4n) is 4.74. The van der Waals surface area contributed by atoms with Crippen LogP contribution in [-0.2, 0) is 16.1 Å². The number of nitrogens with zero attached hydrogens (tertiary/aromatic N) is 1. The van der Waals surface area contributed by atoms with Gasteiger partial charge in [-0.15, -0.1) is 0 Å². The molecular weight excluding hydrogens is 310 g/mol. The van der Waals surface area contributed by atoms with Crippen molar-refractivity contribution in [1.82, 2.24) is 4.90 Å². The summed E-state index contributed by atoms with van der Waals surface area (Å²) in [6.45, 7) is 1.14. The van der Waals surface area contributed by atoms with Crippen LogP contribution >= 0.6 is 0 Å². The average molecular weight is 333 g/mol. The lowest BCUT2D eigenvalue weighted by Crippen LogP contribution is -2.43. The van der Waals surface area contributed by atoms with E-state index >= 15 is 0 Å². The summed E-state index contributed by atoms with van der Waals surface area (Å²) < 4.78 is 11.5. The molecule has 3 saturated heterocycles.